The van der Waals surface area contributed by atoms with E-state index in [1.165, 1.54) is 12.3 Å². The van der Waals surface area contributed by atoms with Gasteiger partial charge in [-0.3, -0.25) is 9.97 Å². The standard InChI is InChI=1S/C37H24FN5/c38-30-17-19-32(40-24-30)36-21-29(25-10-4-1-5-11-25)20-35(41-36)31-18-16-28(23-39-31)34-22-33(26-12-6-2-7-13-26)42-37(43-34)27-14-8-3-9-15-27/h1-24H. The van der Waals surface area contributed by atoms with Crippen molar-refractivity contribution < 1.29 is 4.39 Å². The first-order chi connectivity index (χ1) is 21.2. The highest BCUT2D eigenvalue weighted by atomic mass is 19.1. The van der Waals surface area contributed by atoms with Crippen molar-refractivity contribution >= 4 is 0 Å². The van der Waals surface area contributed by atoms with Crippen LogP contribution in [0.5, 0.6) is 0 Å². The fourth-order valence-corrected chi connectivity index (χ4v) is 4.88. The predicted octanol–water partition coefficient (Wildman–Crippen LogP) is 8.80. The fourth-order valence-electron chi connectivity index (χ4n) is 4.88. The van der Waals surface area contributed by atoms with Crippen LogP contribution < -0.4 is 0 Å². The van der Waals surface area contributed by atoms with Crippen LogP contribution in [0.25, 0.3) is 67.8 Å². The van der Waals surface area contributed by atoms with Gasteiger partial charge in [0.15, 0.2) is 5.82 Å². The van der Waals surface area contributed by atoms with Crippen molar-refractivity contribution in [2.75, 3.05) is 0 Å². The lowest BCUT2D eigenvalue weighted by Crippen LogP contribution is -1.97. The quantitative estimate of drug-likeness (QED) is 0.204. The fraction of sp³-hybridized carbons (Fsp3) is 0. The highest BCUT2D eigenvalue weighted by Crippen LogP contribution is 2.31. The van der Waals surface area contributed by atoms with E-state index < -0.39 is 5.82 Å². The smallest absolute Gasteiger partial charge is 0.160 e. The van der Waals surface area contributed by atoms with Crippen LogP contribution in [-0.2, 0) is 0 Å². The van der Waals surface area contributed by atoms with Gasteiger partial charge < -0.3 is 0 Å². The van der Waals surface area contributed by atoms with Gasteiger partial charge in [-0.15, -0.1) is 0 Å². The summed E-state index contributed by atoms with van der Waals surface area (Å²) in [7, 11) is 0. The Bertz CT molecular complexity index is 1940. The van der Waals surface area contributed by atoms with Crippen molar-refractivity contribution in [3.63, 3.8) is 0 Å². The molecule has 204 valence electrons. The minimum atomic E-state index is -0.393. The largest absolute Gasteiger partial charge is 0.254 e. The Labute approximate surface area is 248 Å². The van der Waals surface area contributed by atoms with E-state index in [1.807, 2.05) is 128 Å². The van der Waals surface area contributed by atoms with Gasteiger partial charge in [-0.1, -0.05) is 91.0 Å². The van der Waals surface area contributed by atoms with Gasteiger partial charge in [0.1, 0.15) is 5.82 Å². The molecule has 43 heavy (non-hydrogen) atoms. The SMILES string of the molecule is Fc1ccc(-c2cc(-c3ccccc3)cc(-c3ccc(-c4cc(-c5ccccc5)nc(-c5ccccc5)n4)cn3)n2)nc1. The van der Waals surface area contributed by atoms with Gasteiger partial charge in [-0.2, -0.15) is 0 Å². The molecule has 0 aliphatic heterocycles. The lowest BCUT2D eigenvalue weighted by Gasteiger charge is -2.11. The second-order valence-corrected chi connectivity index (χ2v) is 9.98. The summed E-state index contributed by atoms with van der Waals surface area (Å²) in [4.78, 5) is 23.7. The van der Waals surface area contributed by atoms with Crippen LogP contribution in [0.15, 0.2) is 146 Å². The van der Waals surface area contributed by atoms with Crippen LogP contribution >= 0.6 is 0 Å². The molecule has 0 aliphatic rings. The molecule has 0 amide bonds. The van der Waals surface area contributed by atoms with Gasteiger partial charge >= 0.3 is 0 Å². The van der Waals surface area contributed by atoms with Crippen LogP contribution in [-0.4, -0.2) is 24.9 Å². The molecule has 4 heterocycles. The zero-order valence-electron chi connectivity index (χ0n) is 23.0. The van der Waals surface area contributed by atoms with Crippen molar-refractivity contribution in [1.82, 2.24) is 24.9 Å². The van der Waals surface area contributed by atoms with Crippen molar-refractivity contribution in [2.45, 2.75) is 0 Å². The molecule has 7 aromatic rings. The van der Waals surface area contributed by atoms with Gasteiger partial charge in [0, 0.05) is 22.9 Å². The van der Waals surface area contributed by atoms with Crippen LogP contribution in [0.1, 0.15) is 0 Å². The van der Waals surface area contributed by atoms with E-state index in [9.17, 15) is 4.39 Å². The Morgan fingerprint density at radius 2 is 0.884 bits per heavy atom. The number of hydrogen-bond acceptors (Lipinski definition) is 5. The van der Waals surface area contributed by atoms with Crippen molar-refractivity contribution in [3.8, 4) is 67.8 Å². The molecule has 4 aromatic heterocycles. The number of pyridine rings is 3. The molecule has 3 aromatic carbocycles. The minimum Gasteiger partial charge on any atom is -0.254 e. The minimum absolute atomic E-state index is 0.393. The van der Waals surface area contributed by atoms with Gasteiger partial charge in [-0.25, -0.2) is 19.3 Å². The van der Waals surface area contributed by atoms with E-state index >= 15 is 0 Å². The molecule has 0 unspecified atom stereocenters. The van der Waals surface area contributed by atoms with Gasteiger partial charge in [0.25, 0.3) is 0 Å². The Morgan fingerprint density at radius 3 is 1.44 bits per heavy atom. The summed E-state index contributed by atoms with van der Waals surface area (Å²) in [6, 6.07) is 43.0. The van der Waals surface area contributed by atoms with E-state index in [2.05, 4.69) is 4.98 Å². The van der Waals surface area contributed by atoms with Gasteiger partial charge in [-0.05, 0) is 53.6 Å². The maximum absolute atomic E-state index is 13.6. The van der Waals surface area contributed by atoms with Gasteiger partial charge in [0.05, 0.1) is 40.4 Å². The molecular formula is C37H24FN5. The monoisotopic (exact) mass is 557 g/mol. The van der Waals surface area contributed by atoms with Crippen molar-refractivity contribution in [2.24, 2.45) is 0 Å². The highest BCUT2D eigenvalue weighted by Gasteiger charge is 2.14. The second-order valence-electron chi connectivity index (χ2n) is 9.98. The van der Waals surface area contributed by atoms with E-state index in [0.29, 0.717) is 28.6 Å². The Morgan fingerprint density at radius 1 is 0.349 bits per heavy atom. The topological polar surface area (TPSA) is 64.5 Å². The molecule has 5 nitrogen and oxygen atoms in total. The van der Waals surface area contributed by atoms with Gasteiger partial charge in [0.2, 0.25) is 0 Å². The number of rotatable bonds is 6. The Hall–Kier alpha value is -5.88. The first kappa shape index (κ1) is 26.0. The van der Waals surface area contributed by atoms with Crippen LogP contribution in [0.2, 0.25) is 0 Å². The summed E-state index contributed by atoms with van der Waals surface area (Å²) in [6.07, 6.45) is 3.02. The predicted molar refractivity (Wildman–Crippen MR) is 168 cm³/mol. The molecule has 0 N–H and O–H groups in total. The molecule has 7 rings (SSSR count). The van der Waals surface area contributed by atoms with E-state index in [1.54, 1.807) is 6.07 Å². The maximum Gasteiger partial charge on any atom is 0.160 e. The molecule has 0 saturated carbocycles. The van der Waals surface area contributed by atoms with Crippen LogP contribution in [0.3, 0.4) is 0 Å². The lowest BCUT2D eigenvalue weighted by molar-refractivity contribution is 0.622. The highest BCUT2D eigenvalue weighted by molar-refractivity contribution is 5.76. The molecule has 0 bridgehead atoms. The summed E-state index contributed by atoms with van der Waals surface area (Å²) >= 11 is 0. The first-order valence-corrected chi connectivity index (χ1v) is 13.9. The maximum atomic E-state index is 13.6. The third kappa shape index (κ3) is 5.67. The van der Waals surface area contributed by atoms with E-state index in [4.69, 9.17) is 19.9 Å². The number of aromatic nitrogens is 5. The molecule has 0 saturated heterocycles. The molecule has 0 aliphatic carbocycles. The van der Waals surface area contributed by atoms with E-state index in [-0.39, 0.29) is 0 Å². The number of hydrogen-bond donors (Lipinski definition) is 0. The zero-order chi connectivity index (χ0) is 29.0. The molecule has 6 heteroatoms. The summed E-state index contributed by atoms with van der Waals surface area (Å²) < 4.78 is 13.6. The Balaban J connectivity index is 1.31. The van der Waals surface area contributed by atoms with Crippen LogP contribution in [0, 0.1) is 5.82 Å². The zero-order valence-corrected chi connectivity index (χ0v) is 23.0. The normalized spacial score (nSPS) is 10.9. The summed E-state index contributed by atoms with van der Waals surface area (Å²) in [5.74, 6) is 0.255. The number of benzene rings is 3. The second kappa shape index (κ2) is 11.5. The average molecular weight is 558 g/mol. The molecule has 0 atom stereocenters. The van der Waals surface area contributed by atoms with Crippen molar-refractivity contribution in [1.29, 1.82) is 0 Å². The van der Waals surface area contributed by atoms with E-state index in [0.717, 1.165) is 39.2 Å². The lowest BCUT2D eigenvalue weighted by atomic mass is 10.0. The summed E-state index contributed by atoms with van der Waals surface area (Å²) in [5, 5.41) is 0. The third-order valence-electron chi connectivity index (χ3n) is 7.07. The summed E-state index contributed by atoms with van der Waals surface area (Å²) in [5.41, 5.74) is 9.03. The summed E-state index contributed by atoms with van der Waals surface area (Å²) in [6.45, 7) is 0. The van der Waals surface area contributed by atoms with Crippen LogP contribution in [0.4, 0.5) is 4.39 Å². The molecule has 0 radical (unpaired) electrons. The Kier molecular flexibility index (Phi) is 6.99. The first-order valence-electron chi connectivity index (χ1n) is 13.9. The van der Waals surface area contributed by atoms with Crippen molar-refractivity contribution in [3.05, 3.63) is 152 Å². The number of nitrogens with zero attached hydrogens (tertiary/aromatic N) is 5. The average Bonchev–Trinajstić information content (AvgIpc) is 3.09. The molecule has 0 spiro atoms. The molecular weight excluding hydrogens is 533 g/mol. The molecule has 0 fully saturated rings. The third-order valence-corrected chi connectivity index (χ3v) is 7.07. The number of halogens is 1.